The predicted molar refractivity (Wildman–Crippen MR) is 98.7 cm³/mol. The third kappa shape index (κ3) is 5.07. The number of benzene rings is 1. The molecule has 1 aliphatic heterocycles. The van der Waals surface area contributed by atoms with Crippen LogP contribution in [0.5, 0.6) is 0 Å². The van der Waals surface area contributed by atoms with Crippen LogP contribution in [0, 0.1) is 5.41 Å². The zero-order chi connectivity index (χ0) is 19.5. The summed E-state index contributed by atoms with van der Waals surface area (Å²) in [6, 6.07) is 6.10. The monoisotopic (exact) mass is 360 g/mol. The molecule has 2 rings (SSSR count). The summed E-state index contributed by atoms with van der Waals surface area (Å²) in [5, 5.41) is 8.95. The Kier molecular flexibility index (Phi) is 6.05. The van der Waals surface area contributed by atoms with Crippen molar-refractivity contribution in [1.29, 1.82) is 0 Å². The Morgan fingerprint density at radius 1 is 1.19 bits per heavy atom. The van der Waals surface area contributed by atoms with E-state index in [4.69, 9.17) is 5.11 Å². The molecule has 1 saturated heterocycles. The molecule has 1 aromatic rings. The van der Waals surface area contributed by atoms with E-state index in [1.165, 1.54) is 12.1 Å². The Balaban J connectivity index is 2.02. The highest BCUT2D eigenvalue weighted by molar-refractivity contribution is 5.89. The van der Waals surface area contributed by atoms with E-state index in [-0.39, 0.29) is 22.8 Å². The first-order valence-corrected chi connectivity index (χ1v) is 8.95. The molecule has 0 saturated carbocycles. The Hall–Kier alpha value is -2.37. The molecule has 1 fully saturated rings. The van der Waals surface area contributed by atoms with Crippen LogP contribution in [0.25, 0.3) is 0 Å². The van der Waals surface area contributed by atoms with Crippen molar-refractivity contribution in [1.82, 2.24) is 9.80 Å². The SMILES string of the molecule is CN(Cc1ccc(C(=O)O)cc1)C(=O)C1CCCN1C(=O)CC(C)(C)C. The van der Waals surface area contributed by atoms with Crippen molar-refractivity contribution in [2.75, 3.05) is 13.6 Å². The molecule has 2 amide bonds. The first-order valence-electron chi connectivity index (χ1n) is 8.95. The van der Waals surface area contributed by atoms with Crippen LogP contribution in [-0.2, 0) is 16.1 Å². The van der Waals surface area contributed by atoms with Gasteiger partial charge in [0.15, 0.2) is 0 Å². The summed E-state index contributed by atoms with van der Waals surface area (Å²) >= 11 is 0. The van der Waals surface area contributed by atoms with Crippen molar-refractivity contribution in [2.45, 2.75) is 52.6 Å². The largest absolute Gasteiger partial charge is 0.478 e. The van der Waals surface area contributed by atoms with Crippen molar-refractivity contribution in [3.63, 3.8) is 0 Å². The maximum atomic E-state index is 12.8. The lowest BCUT2D eigenvalue weighted by atomic mass is 9.91. The predicted octanol–water partition coefficient (Wildman–Crippen LogP) is 2.77. The maximum absolute atomic E-state index is 12.8. The molecule has 142 valence electrons. The number of nitrogens with zero attached hydrogens (tertiary/aromatic N) is 2. The van der Waals surface area contributed by atoms with Gasteiger partial charge in [-0.15, -0.1) is 0 Å². The van der Waals surface area contributed by atoms with E-state index in [1.54, 1.807) is 29.0 Å². The number of aromatic carboxylic acids is 1. The molecular formula is C20H28N2O4. The van der Waals surface area contributed by atoms with Gasteiger partial charge in [-0.2, -0.15) is 0 Å². The van der Waals surface area contributed by atoms with Crippen molar-refractivity contribution >= 4 is 17.8 Å². The van der Waals surface area contributed by atoms with Crippen LogP contribution in [-0.4, -0.2) is 52.3 Å². The van der Waals surface area contributed by atoms with Gasteiger partial charge < -0.3 is 14.9 Å². The zero-order valence-electron chi connectivity index (χ0n) is 16.0. The summed E-state index contributed by atoms with van der Waals surface area (Å²) in [5.41, 5.74) is 0.972. The molecular weight excluding hydrogens is 332 g/mol. The van der Waals surface area contributed by atoms with Crippen molar-refractivity contribution in [3.05, 3.63) is 35.4 Å². The highest BCUT2D eigenvalue weighted by atomic mass is 16.4. The summed E-state index contributed by atoms with van der Waals surface area (Å²) in [6.45, 7) is 7.07. The Morgan fingerprint density at radius 3 is 2.35 bits per heavy atom. The van der Waals surface area contributed by atoms with E-state index >= 15 is 0 Å². The highest BCUT2D eigenvalue weighted by Gasteiger charge is 2.36. The van der Waals surface area contributed by atoms with Crippen LogP contribution in [0.4, 0.5) is 0 Å². The molecule has 0 aromatic heterocycles. The molecule has 1 aromatic carbocycles. The molecule has 0 radical (unpaired) electrons. The van der Waals surface area contributed by atoms with Gasteiger partial charge in [0.1, 0.15) is 6.04 Å². The number of carboxylic acid groups (broad SMARTS) is 1. The molecule has 1 unspecified atom stereocenters. The number of carboxylic acids is 1. The van der Waals surface area contributed by atoms with E-state index in [1.807, 2.05) is 20.8 Å². The third-order valence-corrected chi connectivity index (χ3v) is 4.54. The number of rotatable bonds is 5. The minimum Gasteiger partial charge on any atom is -0.478 e. The molecule has 0 bridgehead atoms. The fourth-order valence-corrected chi connectivity index (χ4v) is 3.24. The molecule has 26 heavy (non-hydrogen) atoms. The molecule has 6 heteroatoms. The van der Waals surface area contributed by atoms with Crippen molar-refractivity contribution in [3.8, 4) is 0 Å². The summed E-state index contributed by atoms with van der Waals surface area (Å²) < 4.78 is 0. The lowest BCUT2D eigenvalue weighted by molar-refractivity contribution is -0.144. The average molecular weight is 360 g/mol. The van der Waals surface area contributed by atoms with Gasteiger partial charge in [-0.1, -0.05) is 32.9 Å². The van der Waals surface area contributed by atoms with Gasteiger partial charge in [0.25, 0.3) is 0 Å². The Bertz CT molecular complexity index is 676. The number of carbonyl (C=O) groups excluding carboxylic acids is 2. The van der Waals surface area contributed by atoms with E-state index in [0.29, 0.717) is 25.9 Å². The van der Waals surface area contributed by atoms with Gasteiger partial charge in [0, 0.05) is 26.6 Å². The molecule has 1 atom stereocenters. The number of likely N-dealkylation sites (N-methyl/N-ethyl adjacent to an activating group) is 1. The number of likely N-dealkylation sites (tertiary alicyclic amines) is 1. The van der Waals surface area contributed by atoms with Crippen LogP contribution < -0.4 is 0 Å². The first-order chi connectivity index (χ1) is 12.1. The second-order valence-electron chi connectivity index (χ2n) is 8.18. The van der Waals surface area contributed by atoms with Gasteiger partial charge >= 0.3 is 5.97 Å². The van der Waals surface area contributed by atoms with Gasteiger partial charge in [-0.05, 0) is 36.0 Å². The second kappa shape index (κ2) is 7.89. The Labute approximate surface area is 154 Å². The molecule has 1 N–H and O–H groups in total. The molecule has 1 heterocycles. The van der Waals surface area contributed by atoms with E-state index in [2.05, 4.69) is 0 Å². The number of amides is 2. The van der Waals surface area contributed by atoms with Crippen LogP contribution >= 0.6 is 0 Å². The minimum absolute atomic E-state index is 0.0348. The van der Waals surface area contributed by atoms with E-state index in [0.717, 1.165) is 12.0 Å². The summed E-state index contributed by atoms with van der Waals surface area (Å²) in [6.07, 6.45) is 1.96. The average Bonchev–Trinajstić information content (AvgIpc) is 3.02. The quantitative estimate of drug-likeness (QED) is 0.876. The van der Waals surface area contributed by atoms with Crippen LogP contribution in [0.2, 0.25) is 0 Å². The summed E-state index contributed by atoms with van der Waals surface area (Å²) in [7, 11) is 1.72. The lowest BCUT2D eigenvalue weighted by Crippen LogP contribution is -2.47. The number of hydrogen-bond donors (Lipinski definition) is 1. The van der Waals surface area contributed by atoms with Gasteiger partial charge in [-0.25, -0.2) is 4.79 Å². The standard InChI is InChI=1S/C20H28N2O4/c1-20(2,3)12-17(23)22-11-5-6-16(22)18(24)21(4)13-14-7-9-15(10-8-14)19(25)26/h7-10,16H,5-6,11-13H2,1-4H3,(H,25,26). The normalized spacial score (nSPS) is 17.2. The first kappa shape index (κ1) is 19.9. The number of carbonyl (C=O) groups is 3. The minimum atomic E-state index is -0.972. The fourth-order valence-electron chi connectivity index (χ4n) is 3.24. The summed E-state index contributed by atoms with van der Waals surface area (Å²) in [5.74, 6) is -1.00. The van der Waals surface area contributed by atoms with Crippen LogP contribution in [0.15, 0.2) is 24.3 Å². The zero-order valence-corrected chi connectivity index (χ0v) is 16.0. The molecule has 1 aliphatic rings. The van der Waals surface area contributed by atoms with Gasteiger partial charge in [0.05, 0.1) is 5.56 Å². The van der Waals surface area contributed by atoms with E-state index in [9.17, 15) is 14.4 Å². The topological polar surface area (TPSA) is 77.9 Å². The fraction of sp³-hybridized carbons (Fsp3) is 0.550. The second-order valence-corrected chi connectivity index (χ2v) is 8.18. The highest BCUT2D eigenvalue weighted by Crippen LogP contribution is 2.25. The van der Waals surface area contributed by atoms with E-state index < -0.39 is 12.0 Å². The Morgan fingerprint density at radius 2 is 1.81 bits per heavy atom. The third-order valence-electron chi connectivity index (χ3n) is 4.54. The lowest BCUT2D eigenvalue weighted by Gasteiger charge is -2.30. The summed E-state index contributed by atoms with van der Waals surface area (Å²) in [4.78, 5) is 39.6. The molecule has 6 nitrogen and oxygen atoms in total. The number of hydrogen-bond acceptors (Lipinski definition) is 3. The smallest absolute Gasteiger partial charge is 0.335 e. The van der Waals surface area contributed by atoms with Crippen LogP contribution in [0.3, 0.4) is 0 Å². The van der Waals surface area contributed by atoms with Crippen LogP contribution in [0.1, 0.15) is 56.0 Å². The molecule has 0 aliphatic carbocycles. The van der Waals surface area contributed by atoms with Crippen molar-refractivity contribution in [2.24, 2.45) is 5.41 Å². The molecule has 0 spiro atoms. The van der Waals surface area contributed by atoms with Gasteiger partial charge in [-0.3, -0.25) is 9.59 Å². The van der Waals surface area contributed by atoms with Crippen molar-refractivity contribution < 1.29 is 19.5 Å². The van der Waals surface area contributed by atoms with Gasteiger partial charge in [0.2, 0.25) is 11.8 Å². The maximum Gasteiger partial charge on any atom is 0.335 e.